The second-order valence-corrected chi connectivity index (χ2v) is 12.0. The zero-order chi connectivity index (χ0) is 24.8. The molecule has 0 radical (unpaired) electrons. The summed E-state index contributed by atoms with van der Waals surface area (Å²) < 4.78 is 27.9. The van der Waals surface area contributed by atoms with Crippen LogP contribution < -0.4 is 9.62 Å². The highest BCUT2D eigenvalue weighted by Crippen LogP contribution is 2.21. The molecule has 180 valence electrons. The minimum absolute atomic E-state index is 0.0397. The van der Waals surface area contributed by atoms with Crippen LogP contribution in [0.5, 0.6) is 0 Å². The first-order chi connectivity index (χ1) is 15.4. The predicted octanol–water partition coefficient (Wildman–Crippen LogP) is 4.15. The summed E-state index contributed by atoms with van der Waals surface area (Å²) in [4.78, 5) is 27.7. The highest BCUT2D eigenvalue weighted by molar-refractivity contribution is 14.1. The second kappa shape index (κ2) is 12.2. The maximum atomic E-state index is 13.5. The molecule has 0 fully saturated rings. The topological polar surface area (TPSA) is 86.8 Å². The Morgan fingerprint density at radius 1 is 1.12 bits per heavy atom. The minimum atomic E-state index is -3.73. The van der Waals surface area contributed by atoms with Crippen molar-refractivity contribution in [2.45, 2.75) is 45.8 Å². The van der Waals surface area contributed by atoms with Crippen LogP contribution in [-0.2, 0) is 26.2 Å². The first kappa shape index (κ1) is 27.6. The number of benzene rings is 2. The number of rotatable bonds is 10. The van der Waals surface area contributed by atoms with Gasteiger partial charge in [-0.25, -0.2) is 8.42 Å². The summed E-state index contributed by atoms with van der Waals surface area (Å²) in [5.74, 6) is -0.751. The Kier molecular flexibility index (Phi) is 10.2. The van der Waals surface area contributed by atoms with E-state index < -0.39 is 28.5 Å². The molecule has 2 amide bonds. The third-order valence-electron chi connectivity index (χ3n) is 5.20. The lowest BCUT2D eigenvalue weighted by atomic mass is 10.1. The quantitative estimate of drug-likeness (QED) is 0.392. The fourth-order valence-electron chi connectivity index (χ4n) is 3.10. The molecule has 0 saturated carbocycles. The zero-order valence-electron chi connectivity index (χ0n) is 19.1. The van der Waals surface area contributed by atoms with Crippen molar-refractivity contribution >= 4 is 66.0 Å². The summed E-state index contributed by atoms with van der Waals surface area (Å²) in [5, 5.41) is 2.91. The van der Waals surface area contributed by atoms with Crippen LogP contribution in [0.3, 0.4) is 0 Å². The van der Waals surface area contributed by atoms with Gasteiger partial charge in [0.15, 0.2) is 0 Å². The third kappa shape index (κ3) is 8.25. The standard InChI is InChI=1S/C23H29BrIN3O4S/c1-5-16(2)26-23(30)17(3)27(14-18-7-6-8-19(24)13-18)22(29)15-28(33(4,31)32)21-11-9-20(25)10-12-21/h6-13,16-17H,5,14-15H2,1-4H3,(H,26,30). The second-order valence-electron chi connectivity index (χ2n) is 7.89. The van der Waals surface area contributed by atoms with Crippen LogP contribution in [0.15, 0.2) is 53.0 Å². The molecule has 33 heavy (non-hydrogen) atoms. The number of amides is 2. The molecule has 1 N–H and O–H groups in total. The van der Waals surface area contributed by atoms with E-state index in [-0.39, 0.29) is 18.5 Å². The van der Waals surface area contributed by atoms with Gasteiger partial charge < -0.3 is 10.2 Å². The first-order valence-electron chi connectivity index (χ1n) is 10.5. The molecule has 0 bridgehead atoms. The van der Waals surface area contributed by atoms with E-state index in [9.17, 15) is 18.0 Å². The third-order valence-corrected chi connectivity index (χ3v) is 7.56. The summed E-state index contributed by atoms with van der Waals surface area (Å²) in [6, 6.07) is 13.5. The smallest absolute Gasteiger partial charge is 0.244 e. The number of carbonyl (C=O) groups excluding carboxylic acids is 2. The van der Waals surface area contributed by atoms with Crippen molar-refractivity contribution in [1.82, 2.24) is 10.2 Å². The van der Waals surface area contributed by atoms with Gasteiger partial charge in [0.05, 0.1) is 11.9 Å². The number of halogens is 2. The summed E-state index contributed by atoms with van der Waals surface area (Å²) in [6.07, 6.45) is 1.82. The van der Waals surface area contributed by atoms with Crippen molar-refractivity contribution in [3.8, 4) is 0 Å². The average molecular weight is 650 g/mol. The number of sulfonamides is 1. The Balaban J connectivity index is 2.37. The van der Waals surface area contributed by atoms with Gasteiger partial charge in [-0.05, 0) is 84.8 Å². The SMILES string of the molecule is CCC(C)NC(=O)C(C)N(Cc1cccc(Br)c1)C(=O)CN(c1ccc(I)cc1)S(C)(=O)=O. The molecule has 0 aliphatic heterocycles. The fraction of sp³-hybridized carbons (Fsp3) is 0.391. The van der Waals surface area contributed by atoms with Crippen molar-refractivity contribution in [2.75, 3.05) is 17.1 Å². The van der Waals surface area contributed by atoms with Crippen LogP contribution >= 0.6 is 38.5 Å². The Morgan fingerprint density at radius 3 is 2.30 bits per heavy atom. The van der Waals surface area contributed by atoms with Crippen molar-refractivity contribution in [1.29, 1.82) is 0 Å². The van der Waals surface area contributed by atoms with Gasteiger partial charge in [-0.1, -0.05) is 35.0 Å². The molecule has 7 nitrogen and oxygen atoms in total. The van der Waals surface area contributed by atoms with E-state index in [1.807, 2.05) is 38.1 Å². The Labute approximate surface area is 218 Å². The minimum Gasteiger partial charge on any atom is -0.352 e. The van der Waals surface area contributed by atoms with E-state index in [0.717, 1.165) is 30.6 Å². The maximum absolute atomic E-state index is 13.5. The average Bonchev–Trinajstić information content (AvgIpc) is 2.75. The molecule has 2 aromatic rings. The lowest BCUT2D eigenvalue weighted by molar-refractivity contribution is -0.139. The van der Waals surface area contributed by atoms with Gasteiger partial charge in [-0.2, -0.15) is 0 Å². The lowest BCUT2D eigenvalue weighted by Crippen LogP contribution is -2.52. The number of carbonyl (C=O) groups is 2. The van der Waals surface area contributed by atoms with Crippen molar-refractivity contribution in [3.63, 3.8) is 0 Å². The van der Waals surface area contributed by atoms with Crippen LogP contribution in [0.25, 0.3) is 0 Å². The van der Waals surface area contributed by atoms with Crippen molar-refractivity contribution < 1.29 is 18.0 Å². The highest BCUT2D eigenvalue weighted by atomic mass is 127. The number of nitrogens with zero attached hydrogens (tertiary/aromatic N) is 2. The van der Waals surface area contributed by atoms with E-state index in [0.29, 0.717) is 5.69 Å². The van der Waals surface area contributed by atoms with E-state index >= 15 is 0 Å². The Hall–Kier alpha value is -1.66. The van der Waals surface area contributed by atoms with Crippen LogP contribution in [-0.4, -0.2) is 50.0 Å². The monoisotopic (exact) mass is 649 g/mol. The molecule has 2 unspecified atom stereocenters. The van der Waals surface area contributed by atoms with Gasteiger partial charge in [0.25, 0.3) is 0 Å². The summed E-state index contributed by atoms with van der Waals surface area (Å²) in [6.45, 7) is 5.27. The molecule has 0 aliphatic rings. The molecule has 10 heteroatoms. The summed E-state index contributed by atoms with van der Waals surface area (Å²) in [5.41, 5.74) is 1.21. The Bertz CT molecular complexity index is 1080. The number of hydrogen-bond donors (Lipinski definition) is 1. The van der Waals surface area contributed by atoms with Crippen molar-refractivity contribution in [2.24, 2.45) is 0 Å². The molecule has 0 saturated heterocycles. The summed E-state index contributed by atoms with van der Waals surface area (Å²) >= 11 is 5.56. The van der Waals surface area contributed by atoms with E-state index in [1.165, 1.54) is 4.90 Å². The van der Waals surface area contributed by atoms with Gasteiger partial charge in [0.2, 0.25) is 21.8 Å². The van der Waals surface area contributed by atoms with Crippen LogP contribution in [0.2, 0.25) is 0 Å². The molecular formula is C23H29BrIN3O4S. The van der Waals surface area contributed by atoms with E-state index in [2.05, 4.69) is 43.8 Å². The molecule has 2 atom stereocenters. The zero-order valence-corrected chi connectivity index (χ0v) is 23.6. The molecular weight excluding hydrogens is 621 g/mol. The maximum Gasteiger partial charge on any atom is 0.244 e. The van der Waals surface area contributed by atoms with Gasteiger partial charge in [0.1, 0.15) is 12.6 Å². The van der Waals surface area contributed by atoms with Crippen molar-refractivity contribution in [3.05, 3.63) is 62.1 Å². The molecule has 0 aliphatic carbocycles. The first-order valence-corrected chi connectivity index (χ1v) is 14.2. The van der Waals surface area contributed by atoms with Gasteiger partial charge in [-0.15, -0.1) is 0 Å². The van der Waals surface area contributed by atoms with Crippen LogP contribution in [0.4, 0.5) is 5.69 Å². The number of anilines is 1. The van der Waals surface area contributed by atoms with E-state index in [1.54, 1.807) is 31.2 Å². The summed E-state index contributed by atoms with van der Waals surface area (Å²) in [7, 11) is -3.73. The van der Waals surface area contributed by atoms with Gasteiger partial charge in [-0.3, -0.25) is 13.9 Å². The molecule has 2 rings (SSSR count). The predicted molar refractivity (Wildman–Crippen MR) is 143 cm³/mol. The largest absolute Gasteiger partial charge is 0.352 e. The molecule has 2 aromatic carbocycles. The number of nitrogens with one attached hydrogen (secondary N) is 1. The molecule has 0 heterocycles. The molecule has 0 spiro atoms. The highest BCUT2D eigenvalue weighted by Gasteiger charge is 2.30. The van der Waals surface area contributed by atoms with Gasteiger partial charge >= 0.3 is 0 Å². The number of hydrogen-bond acceptors (Lipinski definition) is 4. The van der Waals surface area contributed by atoms with Crippen LogP contribution in [0.1, 0.15) is 32.8 Å². The van der Waals surface area contributed by atoms with Crippen LogP contribution in [0, 0.1) is 3.57 Å². The van der Waals surface area contributed by atoms with E-state index in [4.69, 9.17) is 0 Å². The lowest BCUT2D eigenvalue weighted by Gasteiger charge is -2.32. The van der Waals surface area contributed by atoms with Gasteiger partial charge in [0, 0.05) is 20.6 Å². The normalized spacial score (nSPS) is 13.2. The molecule has 0 aromatic heterocycles. The fourth-order valence-corrected chi connectivity index (χ4v) is 4.76. The Morgan fingerprint density at radius 2 is 1.76 bits per heavy atom.